The Hall–Kier alpha value is -2.41. The van der Waals surface area contributed by atoms with E-state index in [-0.39, 0.29) is 5.41 Å². The molecule has 174 valence electrons. The van der Waals surface area contributed by atoms with Crippen LogP contribution in [0.15, 0.2) is 46.5 Å². The Morgan fingerprint density at radius 2 is 1.78 bits per heavy atom. The third-order valence-electron chi connectivity index (χ3n) is 4.11. The van der Waals surface area contributed by atoms with Crippen molar-refractivity contribution in [2.24, 2.45) is 10.4 Å². The van der Waals surface area contributed by atoms with E-state index in [0.29, 0.717) is 5.01 Å². The number of aliphatic imine (C=N–C) groups is 1. The van der Waals surface area contributed by atoms with Gasteiger partial charge in [0.25, 0.3) is 0 Å². The van der Waals surface area contributed by atoms with Crippen molar-refractivity contribution < 1.29 is 28.2 Å². The van der Waals surface area contributed by atoms with E-state index in [9.17, 15) is 18.3 Å². The maximum Gasteiger partial charge on any atom is 0.490 e. The molecule has 4 heterocycles. The number of aliphatic hydroxyl groups is 1. The van der Waals surface area contributed by atoms with Crippen molar-refractivity contribution >= 4 is 39.9 Å². The number of hydrogen-bond donors (Lipinski definition) is 3. The van der Waals surface area contributed by atoms with Gasteiger partial charge in [-0.05, 0) is 11.6 Å². The highest BCUT2D eigenvalue weighted by atomic mass is 32.1. The first-order valence-corrected chi connectivity index (χ1v) is 11.1. The fourth-order valence-corrected chi connectivity index (χ4v) is 4.16. The zero-order valence-electron chi connectivity index (χ0n) is 17.6. The predicted octanol–water partition coefficient (Wildman–Crippen LogP) is 4.11. The Kier molecular flexibility index (Phi) is 8.46. The van der Waals surface area contributed by atoms with E-state index in [4.69, 9.17) is 9.90 Å². The van der Waals surface area contributed by atoms with Crippen LogP contribution in [0.4, 0.5) is 13.2 Å². The minimum atomic E-state index is -5.08. The summed E-state index contributed by atoms with van der Waals surface area (Å²) < 4.78 is 31.7. The molecule has 1 atom stereocenters. The Bertz CT molecular complexity index is 979. The molecule has 2 aliphatic heterocycles. The second-order valence-corrected chi connectivity index (χ2v) is 9.44. The summed E-state index contributed by atoms with van der Waals surface area (Å²) in [6.45, 7) is 8.09. The summed E-state index contributed by atoms with van der Waals surface area (Å²) in [5, 5.41) is 26.6. The molecule has 7 nitrogen and oxygen atoms in total. The highest BCUT2D eigenvalue weighted by Gasteiger charge is 2.43. The van der Waals surface area contributed by atoms with E-state index >= 15 is 0 Å². The van der Waals surface area contributed by atoms with Crippen molar-refractivity contribution in [1.82, 2.24) is 15.3 Å². The number of thiazole rings is 2. The quantitative estimate of drug-likeness (QED) is 0.587. The minimum Gasteiger partial charge on any atom is -0.475 e. The lowest BCUT2D eigenvalue weighted by Gasteiger charge is -2.29. The fourth-order valence-electron chi connectivity index (χ4n) is 2.77. The molecule has 32 heavy (non-hydrogen) atoms. The highest BCUT2D eigenvalue weighted by Crippen LogP contribution is 2.37. The zero-order valence-corrected chi connectivity index (χ0v) is 19.2. The number of nitrogens with one attached hydrogen (secondary N) is 1. The van der Waals surface area contributed by atoms with Gasteiger partial charge in [-0.1, -0.05) is 26.8 Å². The average Bonchev–Trinajstić information content (AvgIpc) is 3.48. The van der Waals surface area contributed by atoms with E-state index in [2.05, 4.69) is 26.4 Å². The maximum absolute atomic E-state index is 10.6. The molecule has 0 saturated carbocycles. The molecule has 1 unspecified atom stereocenters. The fraction of sp³-hybridized carbons (Fsp3) is 0.400. The number of alkyl halides is 3. The Morgan fingerprint density at radius 1 is 1.16 bits per heavy atom. The van der Waals surface area contributed by atoms with Crippen molar-refractivity contribution in [3.05, 3.63) is 51.5 Å². The SMILES string of the molecule is C1=C(c2nccs2)CNC1.CC(C)(C)C1=NC=CC1(O)c1nccs1.O=C(O)C(F)(F)F. The lowest BCUT2D eigenvalue weighted by Crippen LogP contribution is -2.39. The molecule has 4 rings (SSSR count). The van der Waals surface area contributed by atoms with Crippen LogP contribution in [0.2, 0.25) is 0 Å². The molecular formula is C20H23F3N4O3S2. The summed E-state index contributed by atoms with van der Waals surface area (Å²) >= 11 is 3.15. The second-order valence-electron chi connectivity index (χ2n) is 7.65. The monoisotopic (exact) mass is 488 g/mol. The van der Waals surface area contributed by atoms with Gasteiger partial charge >= 0.3 is 12.1 Å². The molecule has 0 bridgehead atoms. The molecule has 2 aromatic heterocycles. The van der Waals surface area contributed by atoms with Crippen LogP contribution in [0.3, 0.4) is 0 Å². The van der Waals surface area contributed by atoms with E-state index in [1.807, 2.05) is 37.7 Å². The molecule has 0 spiro atoms. The van der Waals surface area contributed by atoms with Gasteiger partial charge in [-0.25, -0.2) is 14.8 Å². The molecule has 0 aromatic carbocycles. The summed E-state index contributed by atoms with van der Waals surface area (Å²) in [7, 11) is 0. The third-order valence-corrected chi connectivity index (χ3v) is 5.85. The van der Waals surface area contributed by atoms with E-state index in [1.54, 1.807) is 29.8 Å². The van der Waals surface area contributed by atoms with Gasteiger partial charge in [-0.3, -0.25) is 4.99 Å². The van der Waals surface area contributed by atoms with Gasteiger partial charge in [0.15, 0.2) is 5.60 Å². The number of hydrogen-bond acceptors (Lipinski definition) is 8. The summed E-state index contributed by atoms with van der Waals surface area (Å²) in [5.41, 5.74) is 0.830. The minimum absolute atomic E-state index is 0.163. The number of halogens is 3. The van der Waals surface area contributed by atoms with Crippen LogP contribution in [-0.2, 0) is 10.4 Å². The highest BCUT2D eigenvalue weighted by molar-refractivity contribution is 7.10. The molecule has 2 aliphatic rings. The summed E-state index contributed by atoms with van der Waals surface area (Å²) in [6.07, 6.45) is 4.01. The maximum atomic E-state index is 10.6. The van der Waals surface area contributed by atoms with Gasteiger partial charge in [-0.15, -0.1) is 22.7 Å². The Labute approximate surface area is 191 Å². The molecule has 0 aliphatic carbocycles. The van der Waals surface area contributed by atoms with Crippen molar-refractivity contribution in [3.8, 4) is 0 Å². The smallest absolute Gasteiger partial charge is 0.475 e. The first kappa shape index (κ1) is 25.8. The van der Waals surface area contributed by atoms with Gasteiger partial charge in [0.1, 0.15) is 10.0 Å². The molecule has 0 amide bonds. The average molecular weight is 489 g/mol. The van der Waals surface area contributed by atoms with E-state index in [0.717, 1.165) is 23.8 Å². The van der Waals surface area contributed by atoms with Crippen LogP contribution in [-0.4, -0.2) is 51.1 Å². The van der Waals surface area contributed by atoms with Crippen LogP contribution in [0.5, 0.6) is 0 Å². The number of carboxylic acid groups (broad SMARTS) is 1. The Morgan fingerprint density at radius 3 is 2.22 bits per heavy atom. The summed E-state index contributed by atoms with van der Waals surface area (Å²) in [4.78, 5) is 21.5. The van der Waals surface area contributed by atoms with E-state index in [1.165, 1.54) is 16.9 Å². The normalized spacial score (nSPS) is 20.0. The number of nitrogens with zero attached hydrogens (tertiary/aromatic N) is 3. The topological polar surface area (TPSA) is 108 Å². The van der Waals surface area contributed by atoms with Crippen molar-refractivity contribution in [3.63, 3.8) is 0 Å². The van der Waals surface area contributed by atoms with Crippen molar-refractivity contribution in [1.29, 1.82) is 0 Å². The van der Waals surface area contributed by atoms with Crippen LogP contribution in [0.25, 0.3) is 5.57 Å². The van der Waals surface area contributed by atoms with Crippen LogP contribution in [0, 0.1) is 5.41 Å². The van der Waals surface area contributed by atoms with Gasteiger partial charge in [0, 0.05) is 47.9 Å². The second kappa shape index (κ2) is 10.5. The molecule has 3 N–H and O–H groups in total. The van der Waals surface area contributed by atoms with Gasteiger partial charge in [-0.2, -0.15) is 13.2 Å². The number of aliphatic carboxylic acids is 1. The van der Waals surface area contributed by atoms with E-state index < -0.39 is 17.7 Å². The summed E-state index contributed by atoms with van der Waals surface area (Å²) in [5.74, 6) is -2.76. The standard InChI is InChI=1S/C11H14N2OS.C7H8N2S.C2HF3O2/c1-10(2,3)8-11(14,4-5-12-8)9-13-6-7-15-9;1-2-8-5-6(1)7-9-3-4-10-7;3-2(4,5)1(6)7/h4-7,14H,1-3H3;1,3-4,8H,2,5H2;(H,6,7). The molecule has 0 fully saturated rings. The van der Waals surface area contributed by atoms with Gasteiger partial charge in [0.2, 0.25) is 0 Å². The zero-order chi connectivity index (χ0) is 24.0. The number of carbonyl (C=O) groups is 1. The first-order valence-electron chi connectivity index (χ1n) is 9.34. The predicted molar refractivity (Wildman–Crippen MR) is 119 cm³/mol. The largest absolute Gasteiger partial charge is 0.490 e. The van der Waals surface area contributed by atoms with Gasteiger partial charge in [0.05, 0.1) is 5.71 Å². The summed E-state index contributed by atoms with van der Waals surface area (Å²) in [6, 6.07) is 0. The number of rotatable bonds is 2. The molecule has 12 heteroatoms. The number of carboxylic acids is 1. The van der Waals surface area contributed by atoms with Crippen molar-refractivity contribution in [2.45, 2.75) is 32.5 Å². The van der Waals surface area contributed by atoms with Crippen LogP contribution < -0.4 is 5.32 Å². The first-order chi connectivity index (χ1) is 14.9. The Balaban J connectivity index is 0.000000185. The lowest BCUT2D eigenvalue weighted by atomic mass is 9.80. The third kappa shape index (κ3) is 6.79. The lowest BCUT2D eigenvalue weighted by molar-refractivity contribution is -0.192. The molecular weight excluding hydrogens is 465 g/mol. The number of aromatic nitrogens is 2. The molecule has 2 aromatic rings. The molecule has 0 saturated heterocycles. The van der Waals surface area contributed by atoms with Crippen molar-refractivity contribution in [2.75, 3.05) is 13.1 Å². The molecule has 0 radical (unpaired) electrons. The van der Waals surface area contributed by atoms with Crippen LogP contribution in [0.1, 0.15) is 30.8 Å². The van der Waals surface area contributed by atoms with Gasteiger partial charge < -0.3 is 15.5 Å². The van der Waals surface area contributed by atoms with Crippen LogP contribution >= 0.6 is 22.7 Å².